The highest BCUT2D eigenvalue weighted by Gasteiger charge is 2.40. The molecule has 1 unspecified atom stereocenters. The van der Waals surface area contributed by atoms with Gasteiger partial charge in [0.2, 0.25) is 0 Å². The third kappa shape index (κ3) is 9.82. The smallest absolute Gasteiger partial charge is 0.388 e. The number of aliphatic hydroxyl groups is 2. The summed E-state index contributed by atoms with van der Waals surface area (Å²) in [7, 11) is 0. The summed E-state index contributed by atoms with van der Waals surface area (Å²) in [4.78, 5) is 5.11. The zero-order valence-corrected chi connectivity index (χ0v) is 29.7. The van der Waals surface area contributed by atoms with Crippen molar-refractivity contribution in [3.05, 3.63) is 69.0 Å². The SMILES string of the molecule is CC1(C)Cc2nc(C3CCOCC3)c([C@@H](O)c3ccc(C(F)(F)F)c(C#N)c3)c(C3=CCOCC3)c2C(O)C1.CCC(C)(C)C.CS. The van der Waals surface area contributed by atoms with E-state index in [1.54, 1.807) is 12.3 Å². The molecule has 47 heavy (non-hydrogen) atoms. The van der Waals surface area contributed by atoms with Gasteiger partial charge in [-0.15, -0.1) is 0 Å². The molecule has 1 fully saturated rings. The molecule has 0 radical (unpaired) electrons. The fourth-order valence-corrected chi connectivity index (χ4v) is 6.23. The number of alkyl halides is 3. The molecule has 3 heterocycles. The van der Waals surface area contributed by atoms with Crippen LogP contribution in [0.3, 0.4) is 0 Å². The molecule has 260 valence electrons. The summed E-state index contributed by atoms with van der Waals surface area (Å²) in [6.07, 6.45) is 1.18. The minimum Gasteiger partial charge on any atom is -0.388 e. The molecule has 1 aromatic heterocycles. The standard InChI is InChI=1S/C30H33F3N2O4.C6H14.CH4S/c1-29(2)14-22-25(23(36)15-29)24(17-5-9-38-10-6-17)26(27(35-22)18-7-11-39-12-8-18)28(37)19-3-4-21(30(31,32)33)20(13-19)16-34;1-5-6(2,3)4;1-2/h3-5,13,18,23,28,36-37H,6-12,14-15H2,1-2H3;5H2,1-4H3;2H,1H3/t23?,28-;;/m0../s1. The molecule has 1 aromatic carbocycles. The number of aromatic nitrogens is 1. The number of benzene rings is 1. The van der Waals surface area contributed by atoms with E-state index in [9.17, 15) is 28.6 Å². The van der Waals surface area contributed by atoms with Gasteiger partial charge in [-0.3, -0.25) is 4.98 Å². The van der Waals surface area contributed by atoms with Crippen LogP contribution in [-0.2, 0) is 22.1 Å². The summed E-state index contributed by atoms with van der Waals surface area (Å²) in [5.74, 6) is -0.0278. The van der Waals surface area contributed by atoms with Crippen LogP contribution in [0.1, 0.15) is 137 Å². The first-order chi connectivity index (χ1) is 22.1. The third-order valence-corrected chi connectivity index (χ3v) is 9.12. The van der Waals surface area contributed by atoms with Gasteiger partial charge in [-0.05, 0) is 78.0 Å². The number of pyridine rings is 1. The molecule has 3 aliphatic rings. The normalized spacial score (nSPS) is 20.3. The topological polar surface area (TPSA) is 95.6 Å². The van der Waals surface area contributed by atoms with Gasteiger partial charge in [-0.1, -0.05) is 60.1 Å². The summed E-state index contributed by atoms with van der Waals surface area (Å²) in [5.41, 5.74) is 3.25. The van der Waals surface area contributed by atoms with Crippen molar-refractivity contribution in [1.29, 1.82) is 5.26 Å². The summed E-state index contributed by atoms with van der Waals surface area (Å²) in [6, 6.07) is 4.83. The molecule has 6 nitrogen and oxygen atoms in total. The number of hydrogen-bond acceptors (Lipinski definition) is 7. The fourth-order valence-electron chi connectivity index (χ4n) is 6.23. The molecule has 2 aromatic rings. The maximum Gasteiger partial charge on any atom is 0.417 e. The molecule has 10 heteroatoms. The Bertz CT molecular complexity index is 1440. The Kier molecular flexibility index (Phi) is 13.6. The van der Waals surface area contributed by atoms with Crippen LogP contribution >= 0.6 is 12.6 Å². The Morgan fingerprint density at radius 2 is 1.74 bits per heavy atom. The van der Waals surface area contributed by atoms with Gasteiger partial charge in [-0.2, -0.15) is 31.1 Å². The van der Waals surface area contributed by atoms with Gasteiger partial charge in [0.25, 0.3) is 0 Å². The lowest BCUT2D eigenvalue weighted by Gasteiger charge is -2.39. The Morgan fingerprint density at radius 1 is 1.11 bits per heavy atom. The maximum absolute atomic E-state index is 13.5. The fraction of sp³-hybridized carbons (Fsp3) is 0.622. The predicted molar refractivity (Wildman–Crippen MR) is 182 cm³/mol. The lowest BCUT2D eigenvalue weighted by molar-refractivity contribution is -0.137. The van der Waals surface area contributed by atoms with Gasteiger partial charge in [0.15, 0.2) is 0 Å². The van der Waals surface area contributed by atoms with Crippen molar-refractivity contribution >= 4 is 18.2 Å². The van der Waals surface area contributed by atoms with Crippen LogP contribution < -0.4 is 0 Å². The minimum absolute atomic E-state index is 0.0278. The first-order valence-electron chi connectivity index (χ1n) is 16.4. The number of hydrogen-bond donors (Lipinski definition) is 3. The van der Waals surface area contributed by atoms with Crippen molar-refractivity contribution in [1.82, 2.24) is 4.98 Å². The minimum atomic E-state index is -4.69. The van der Waals surface area contributed by atoms with E-state index < -0.39 is 29.5 Å². The lowest BCUT2D eigenvalue weighted by Crippen LogP contribution is -2.30. The van der Waals surface area contributed by atoms with Crippen LogP contribution in [0.5, 0.6) is 0 Å². The Morgan fingerprint density at radius 3 is 2.28 bits per heavy atom. The monoisotopic (exact) mass is 676 g/mol. The summed E-state index contributed by atoms with van der Waals surface area (Å²) in [5, 5.41) is 32.8. The second kappa shape index (κ2) is 16.3. The Labute approximate surface area is 283 Å². The number of ether oxygens (including phenoxy) is 2. The summed E-state index contributed by atoms with van der Waals surface area (Å²) in [6.45, 7) is 15.1. The zero-order chi connectivity index (χ0) is 35.2. The van der Waals surface area contributed by atoms with E-state index in [0.717, 1.165) is 29.0 Å². The van der Waals surface area contributed by atoms with Gasteiger partial charge in [0, 0.05) is 36.0 Å². The van der Waals surface area contributed by atoms with E-state index in [0.29, 0.717) is 80.8 Å². The molecule has 2 aliphatic heterocycles. The van der Waals surface area contributed by atoms with Crippen LogP contribution in [0.4, 0.5) is 13.2 Å². The van der Waals surface area contributed by atoms with E-state index in [1.165, 1.54) is 12.5 Å². The lowest BCUT2D eigenvalue weighted by atomic mass is 9.70. The number of aliphatic hydroxyl groups excluding tert-OH is 2. The average molecular weight is 677 g/mol. The second-order valence-corrected chi connectivity index (χ2v) is 14.4. The van der Waals surface area contributed by atoms with E-state index in [2.05, 4.69) is 54.2 Å². The Balaban J connectivity index is 0.000000676. The molecule has 1 saturated heterocycles. The van der Waals surface area contributed by atoms with Gasteiger partial charge >= 0.3 is 6.18 Å². The molecule has 2 atom stereocenters. The number of thiol groups is 1. The first-order valence-corrected chi connectivity index (χ1v) is 17.3. The molecule has 0 bridgehead atoms. The molecule has 1 aliphatic carbocycles. The van der Waals surface area contributed by atoms with Gasteiger partial charge in [0.1, 0.15) is 6.10 Å². The molecular formula is C37H51F3N2O4S. The quantitative estimate of drug-likeness (QED) is 0.281. The van der Waals surface area contributed by atoms with Crippen molar-refractivity contribution in [2.45, 2.75) is 104 Å². The number of fused-ring (bicyclic) bond motifs is 1. The van der Waals surface area contributed by atoms with Crippen molar-refractivity contribution in [3.63, 3.8) is 0 Å². The average Bonchev–Trinajstić information content (AvgIpc) is 3.04. The van der Waals surface area contributed by atoms with E-state index in [1.807, 2.05) is 6.08 Å². The Hall–Kier alpha value is -2.42. The molecular weight excluding hydrogens is 625 g/mol. The van der Waals surface area contributed by atoms with E-state index in [4.69, 9.17) is 14.5 Å². The first kappa shape index (κ1) is 39.0. The van der Waals surface area contributed by atoms with Gasteiger partial charge in [0.05, 0.1) is 42.2 Å². The van der Waals surface area contributed by atoms with Crippen molar-refractivity contribution < 1.29 is 32.9 Å². The van der Waals surface area contributed by atoms with Crippen molar-refractivity contribution in [2.75, 3.05) is 32.7 Å². The highest BCUT2D eigenvalue weighted by Crippen LogP contribution is 2.49. The van der Waals surface area contributed by atoms with E-state index >= 15 is 0 Å². The second-order valence-electron chi connectivity index (χ2n) is 14.4. The number of nitrogens with zero attached hydrogens (tertiary/aromatic N) is 2. The zero-order valence-electron chi connectivity index (χ0n) is 28.8. The molecule has 0 saturated carbocycles. The maximum atomic E-state index is 13.5. The van der Waals surface area contributed by atoms with Crippen LogP contribution in [0.15, 0.2) is 24.3 Å². The highest BCUT2D eigenvalue weighted by molar-refractivity contribution is 7.79. The molecule has 0 spiro atoms. The third-order valence-electron chi connectivity index (χ3n) is 9.12. The number of halogens is 3. The van der Waals surface area contributed by atoms with Crippen molar-refractivity contribution in [3.8, 4) is 6.07 Å². The van der Waals surface area contributed by atoms with Crippen LogP contribution in [0.2, 0.25) is 0 Å². The molecule has 0 amide bonds. The summed E-state index contributed by atoms with van der Waals surface area (Å²) < 4.78 is 51.7. The van der Waals surface area contributed by atoms with Gasteiger partial charge < -0.3 is 19.7 Å². The molecule has 5 rings (SSSR count). The van der Waals surface area contributed by atoms with Crippen LogP contribution in [-0.4, -0.2) is 47.9 Å². The van der Waals surface area contributed by atoms with Crippen LogP contribution in [0, 0.1) is 22.2 Å². The number of nitriles is 1. The van der Waals surface area contributed by atoms with Gasteiger partial charge in [-0.25, -0.2) is 0 Å². The summed E-state index contributed by atoms with van der Waals surface area (Å²) >= 11 is 3.53. The largest absolute Gasteiger partial charge is 0.417 e. The molecule has 2 N–H and O–H groups in total. The predicted octanol–water partition coefficient (Wildman–Crippen LogP) is 8.75. The number of rotatable bonds is 4. The highest BCUT2D eigenvalue weighted by atomic mass is 32.1. The van der Waals surface area contributed by atoms with E-state index in [-0.39, 0.29) is 16.9 Å². The van der Waals surface area contributed by atoms with Crippen LogP contribution in [0.25, 0.3) is 5.57 Å². The van der Waals surface area contributed by atoms with Crippen molar-refractivity contribution in [2.24, 2.45) is 10.8 Å².